The summed E-state index contributed by atoms with van der Waals surface area (Å²) in [6.45, 7) is 6.70. The van der Waals surface area contributed by atoms with Gasteiger partial charge in [-0.1, -0.05) is 13.0 Å². The lowest BCUT2D eigenvalue weighted by Gasteiger charge is -2.23. The lowest BCUT2D eigenvalue weighted by atomic mass is 10.2. The summed E-state index contributed by atoms with van der Waals surface area (Å²) in [5.74, 6) is 0.910. The number of nitrogens with zero attached hydrogens (tertiary/aromatic N) is 3. The van der Waals surface area contributed by atoms with Gasteiger partial charge in [-0.3, -0.25) is 0 Å². The van der Waals surface area contributed by atoms with Gasteiger partial charge < -0.3 is 4.90 Å². The van der Waals surface area contributed by atoms with Crippen LogP contribution in [0.25, 0.3) is 5.52 Å². The Morgan fingerprint density at radius 3 is 2.83 bits per heavy atom. The SMILES string of the molecule is CCc1nn2ccccc2c1N(CC)CC1CC1. The van der Waals surface area contributed by atoms with E-state index in [1.165, 1.54) is 36.3 Å². The van der Waals surface area contributed by atoms with E-state index in [1.54, 1.807) is 0 Å². The van der Waals surface area contributed by atoms with Gasteiger partial charge in [0.15, 0.2) is 0 Å². The first-order valence-electron chi connectivity index (χ1n) is 7.04. The highest BCUT2D eigenvalue weighted by Gasteiger charge is 2.26. The molecule has 0 aliphatic heterocycles. The van der Waals surface area contributed by atoms with Gasteiger partial charge in [0.05, 0.1) is 16.9 Å². The maximum atomic E-state index is 4.70. The third-order valence-electron chi connectivity index (χ3n) is 3.79. The molecular formula is C15H21N3. The summed E-state index contributed by atoms with van der Waals surface area (Å²) >= 11 is 0. The number of hydrogen-bond acceptors (Lipinski definition) is 2. The van der Waals surface area contributed by atoms with Crippen molar-refractivity contribution in [3.05, 3.63) is 30.1 Å². The second-order valence-corrected chi connectivity index (χ2v) is 5.16. The average Bonchev–Trinajstić information content (AvgIpc) is 3.15. The molecule has 1 aliphatic carbocycles. The molecule has 2 aromatic heterocycles. The Balaban J connectivity index is 2.05. The first-order chi connectivity index (χ1) is 8.83. The van der Waals surface area contributed by atoms with Crippen LogP contribution in [-0.4, -0.2) is 22.7 Å². The fourth-order valence-corrected chi connectivity index (χ4v) is 2.61. The van der Waals surface area contributed by atoms with Crippen molar-refractivity contribution < 1.29 is 0 Å². The highest BCUT2D eigenvalue weighted by molar-refractivity contribution is 5.75. The van der Waals surface area contributed by atoms with Crippen molar-refractivity contribution in [1.29, 1.82) is 0 Å². The molecule has 0 aromatic carbocycles. The predicted molar refractivity (Wildman–Crippen MR) is 75.2 cm³/mol. The molecule has 0 radical (unpaired) electrons. The van der Waals surface area contributed by atoms with Crippen molar-refractivity contribution in [3.8, 4) is 0 Å². The quantitative estimate of drug-likeness (QED) is 0.804. The molecule has 0 bridgehead atoms. The number of anilines is 1. The van der Waals surface area contributed by atoms with Crippen LogP contribution in [0.4, 0.5) is 5.69 Å². The summed E-state index contributed by atoms with van der Waals surface area (Å²) in [6.07, 6.45) is 5.84. The monoisotopic (exact) mass is 243 g/mol. The highest BCUT2D eigenvalue weighted by Crippen LogP contribution is 2.34. The van der Waals surface area contributed by atoms with E-state index in [-0.39, 0.29) is 0 Å². The van der Waals surface area contributed by atoms with Crippen LogP contribution in [0.5, 0.6) is 0 Å². The van der Waals surface area contributed by atoms with Crippen LogP contribution >= 0.6 is 0 Å². The molecule has 2 aromatic rings. The molecule has 3 heteroatoms. The van der Waals surface area contributed by atoms with Crippen molar-refractivity contribution in [1.82, 2.24) is 9.61 Å². The van der Waals surface area contributed by atoms with Gasteiger partial charge >= 0.3 is 0 Å². The fourth-order valence-electron chi connectivity index (χ4n) is 2.61. The van der Waals surface area contributed by atoms with Gasteiger partial charge in [0, 0.05) is 19.3 Å². The molecule has 1 saturated carbocycles. The molecule has 0 amide bonds. The lowest BCUT2D eigenvalue weighted by Crippen LogP contribution is -2.26. The largest absolute Gasteiger partial charge is 0.368 e. The van der Waals surface area contributed by atoms with Crippen molar-refractivity contribution in [2.75, 3.05) is 18.0 Å². The summed E-state index contributed by atoms with van der Waals surface area (Å²) in [5.41, 5.74) is 3.83. The van der Waals surface area contributed by atoms with Crippen molar-refractivity contribution >= 4 is 11.2 Å². The number of rotatable bonds is 5. The van der Waals surface area contributed by atoms with E-state index in [2.05, 4.69) is 30.9 Å². The molecule has 3 nitrogen and oxygen atoms in total. The summed E-state index contributed by atoms with van der Waals surface area (Å²) in [7, 11) is 0. The summed E-state index contributed by atoms with van der Waals surface area (Å²) in [6, 6.07) is 6.32. The second kappa shape index (κ2) is 4.63. The number of hydrogen-bond donors (Lipinski definition) is 0. The van der Waals surface area contributed by atoms with Gasteiger partial charge in [-0.2, -0.15) is 5.10 Å². The minimum absolute atomic E-state index is 0.910. The molecule has 1 aliphatic rings. The van der Waals surface area contributed by atoms with Crippen LogP contribution in [-0.2, 0) is 6.42 Å². The third kappa shape index (κ3) is 1.98. The molecule has 2 heterocycles. The van der Waals surface area contributed by atoms with E-state index in [0.29, 0.717) is 0 Å². The minimum Gasteiger partial charge on any atom is -0.368 e. The second-order valence-electron chi connectivity index (χ2n) is 5.16. The molecule has 0 N–H and O–H groups in total. The number of aromatic nitrogens is 2. The first kappa shape index (κ1) is 11.6. The maximum absolute atomic E-state index is 4.70. The van der Waals surface area contributed by atoms with Crippen molar-refractivity contribution in [2.45, 2.75) is 33.1 Å². The van der Waals surface area contributed by atoms with Crippen LogP contribution < -0.4 is 4.90 Å². The molecule has 18 heavy (non-hydrogen) atoms. The van der Waals surface area contributed by atoms with Crippen molar-refractivity contribution in [2.24, 2.45) is 5.92 Å². The van der Waals surface area contributed by atoms with Crippen LogP contribution in [0, 0.1) is 5.92 Å². The molecule has 96 valence electrons. The van der Waals surface area contributed by atoms with Crippen LogP contribution in [0.3, 0.4) is 0 Å². The predicted octanol–water partition coefficient (Wildman–Crippen LogP) is 3.13. The van der Waals surface area contributed by atoms with Gasteiger partial charge in [-0.05, 0) is 44.2 Å². The number of pyridine rings is 1. The first-order valence-corrected chi connectivity index (χ1v) is 7.04. The smallest absolute Gasteiger partial charge is 0.0898 e. The Hall–Kier alpha value is -1.51. The molecule has 0 unspecified atom stereocenters. The lowest BCUT2D eigenvalue weighted by molar-refractivity contribution is 0.739. The van der Waals surface area contributed by atoms with Crippen LogP contribution in [0.2, 0.25) is 0 Å². The van der Waals surface area contributed by atoms with Crippen LogP contribution in [0.1, 0.15) is 32.4 Å². The third-order valence-corrected chi connectivity index (χ3v) is 3.79. The number of aryl methyl sites for hydroxylation is 1. The fraction of sp³-hybridized carbons (Fsp3) is 0.533. The topological polar surface area (TPSA) is 20.5 Å². The van der Waals surface area contributed by atoms with Crippen molar-refractivity contribution in [3.63, 3.8) is 0 Å². The Morgan fingerprint density at radius 1 is 1.33 bits per heavy atom. The van der Waals surface area contributed by atoms with Crippen LogP contribution in [0.15, 0.2) is 24.4 Å². The van der Waals surface area contributed by atoms with E-state index in [0.717, 1.165) is 18.9 Å². The summed E-state index contributed by atoms with van der Waals surface area (Å²) < 4.78 is 2.02. The molecule has 3 rings (SSSR count). The average molecular weight is 243 g/mol. The zero-order valence-electron chi connectivity index (χ0n) is 11.3. The van der Waals surface area contributed by atoms with Gasteiger partial charge in [0.25, 0.3) is 0 Å². The summed E-state index contributed by atoms with van der Waals surface area (Å²) in [5, 5.41) is 4.70. The van der Waals surface area contributed by atoms with Gasteiger partial charge in [0.1, 0.15) is 0 Å². The zero-order chi connectivity index (χ0) is 12.5. The normalized spacial score (nSPS) is 15.2. The zero-order valence-corrected chi connectivity index (χ0v) is 11.3. The Bertz CT molecular complexity index is 540. The maximum Gasteiger partial charge on any atom is 0.0898 e. The Morgan fingerprint density at radius 2 is 2.17 bits per heavy atom. The van der Waals surface area contributed by atoms with Gasteiger partial charge in [-0.15, -0.1) is 0 Å². The van der Waals surface area contributed by atoms with Gasteiger partial charge in [0.2, 0.25) is 0 Å². The molecule has 0 saturated heterocycles. The Labute approximate surface area is 108 Å². The van der Waals surface area contributed by atoms with E-state index in [1.807, 2.05) is 16.8 Å². The number of fused-ring (bicyclic) bond motifs is 1. The molecule has 1 fully saturated rings. The standard InChI is InChI=1S/C15H21N3/c1-3-13-15(17(4-2)11-12-8-9-12)14-7-5-6-10-18(14)16-13/h5-7,10,12H,3-4,8-9,11H2,1-2H3. The van der Waals surface area contributed by atoms with E-state index in [9.17, 15) is 0 Å². The summed E-state index contributed by atoms with van der Waals surface area (Å²) in [4.78, 5) is 2.51. The minimum atomic E-state index is 0.910. The molecule has 0 spiro atoms. The Kier molecular flexibility index (Phi) is 2.98. The van der Waals surface area contributed by atoms with E-state index >= 15 is 0 Å². The molecular weight excluding hydrogens is 222 g/mol. The molecule has 0 atom stereocenters. The van der Waals surface area contributed by atoms with E-state index in [4.69, 9.17) is 5.10 Å². The van der Waals surface area contributed by atoms with E-state index < -0.39 is 0 Å². The van der Waals surface area contributed by atoms with Gasteiger partial charge in [-0.25, -0.2) is 4.52 Å². The highest BCUT2D eigenvalue weighted by atomic mass is 15.3.